The quantitative estimate of drug-likeness (QED) is 0.496. The van der Waals surface area contributed by atoms with Crippen molar-refractivity contribution in [1.29, 1.82) is 0 Å². The predicted molar refractivity (Wildman–Crippen MR) is 133 cm³/mol. The van der Waals surface area contributed by atoms with Crippen LogP contribution < -0.4 is 5.32 Å². The number of carbonyl (C=O) groups is 2. The van der Waals surface area contributed by atoms with E-state index in [1.165, 1.54) is 0 Å². The molecule has 0 fully saturated rings. The molecular formula is C27H34N4O2. The maximum atomic E-state index is 13.5. The summed E-state index contributed by atoms with van der Waals surface area (Å²) < 4.78 is 2.02. The van der Waals surface area contributed by atoms with Crippen LogP contribution in [0.5, 0.6) is 0 Å². The lowest BCUT2D eigenvalue weighted by Gasteiger charge is -2.28. The van der Waals surface area contributed by atoms with E-state index in [2.05, 4.69) is 5.32 Å². The van der Waals surface area contributed by atoms with Crippen LogP contribution in [0.3, 0.4) is 0 Å². The third-order valence-corrected chi connectivity index (χ3v) is 5.79. The molecule has 0 saturated heterocycles. The average molecular weight is 447 g/mol. The van der Waals surface area contributed by atoms with Gasteiger partial charge in [0.05, 0.1) is 6.54 Å². The highest BCUT2D eigenvalue weighted by atomic mass is 16.2. The highest BCUT2D eigenvalue weighted by molar-refractivity contribution is 5.93. The molecule has 3 aromatic rings. The summed E-state index contributed by atoms with van der Waals surface area (Å²) in [6, 6.07) is 19.6. The predicted octanol–water partition coefficient (Wildman–Crippen LogP) is 5.11. The van der Waals surface area contributed by atoms with Crippen LogP contribution in [-0.2, 0) is 24.9 Å². The Kier molecular flexibility index (Phi) is 8.30. The second kappa shape index (κ2) is 11.4. The molecule has 3 amide bonds. The Morgan fingerprint density at radius 1 is 0.879 bits per heavy atom. The van der Waals surface area contributed by atoms with Crippen molar-refractivity contribution >= 4 is 17.6 Å². The average Bonchev–Trinajstić information content (AvgIpc) is 3.20. The third-order valence-electron chi connectivity index (χ3n) is 5.79. The Balaban J connectivity index is 1.77. The molecule has 0 saturated carbocycles. The van der Waals surface area contributed by atoms with Crippen LogP contribution in [0, 0.1) is 13.8 Å². The summed E-state index contributed by atoms with van der Waals surface area (Å²) in [6.45, 7) is 7.46. The summed E-state index contributed by atoms with van der Waals surface area (Å²) in [6.07, 6.45) is 2.74. The summed E-state index contributed by atoms with van der Waals surface area (Å²) in [5.74, 6) is -0.0786. The zero-order valence-electron chi connectivity index (χ0n) is 20.0. The number of hydrogen-bond acceptors (Lipinski definition) is 2. The normalized spacial score (nSPS) is 10.7. The van der Waals surface area contributed by atoms with E-state index in [9.17, 15) is 9.59 Å². The lowest BCUT2D eigenvalue weighted by atomic mass is 10.1. The van der Waals surface area contributed by atoms with E-state index in [0.29, 0.717) is 19.6 Å². The maximum absolute atomic E-state index is 13.5. The minimum Gasteiger partial charge on any atom is -0.353 e. The van der Waals surface area contributed by atoms with Gasteiger partial charge in [0.25, 0.3) is 0 Å². The van der Waals surface area contributed by atoms with E-state index in [1.807, 2.05) is 104 Å². The van der Waals surface area contributed by atoms with Gasteiger partial charge in [-0.3, -0.25) is 4.79 Å². The molecule has 174 valence electrons. The Morgan fingerprint density at radius 2 is 1.58 bits per heavy atom. The summed E-state index contributed by atoms with van der Waals surface area (Å²) >= 11 is 0. The SMILES string of the molecule is CCCN(CC(=O)N(Cc1ccccc1)Cc1cccn1C)C(=O)Nc1c(C)cccc1C. The van der Waals surface area contributed by atoms with Crippen molar-refractivity contribution in [2.24, 2.45) is 7.05 Å². The van der Waals surface area contributed by atoms with Gasteiger partial charge in [-0.25, -0.2) is 4.79 Å². The van der Waals surface area contributed by atoms with Gasteiger partial charge < -0.3 is 19.7 Å². The molecular weight excluding hydrogens is 412 g/mol. The van der Waals surface area contributed by atoms with Crippen LogP contribution in [0.15, 0.2) is 66.9 Å². The molecule has 0 aliphatic rings. The van der Waals surface area contributed by atoms with Crippen LogP contribution in [0.1, 0.15) is 35.7 Å². The molecule has 0 bridgehead atoms. The lowest BCUT2D eigenvalue weighted by Crippen LogP contribution is -2.44. The molecule has 1 N–H and O–H groups in total. The fraction of sp³-hybridized carbons (Fsp3) is 0.333. The first kappa shape index (κ1) is 24.1. The lowest BCUT2D eigenvalue weighted by molar-refractivity contribution is -0.133. The molecule has 3 rings (SSSR count). The summed E-state index contributed by atoms with van der Waals surface area (Å²) in [7, 11) is 1.97. The van der Waals surface area contributed by atoms with Crippen LogP contribution in [0.2, 0.25) is 0 Å². The van der Waals surface area contributed by atoms with Gasteiger partial charge in [-0.1, -0.05) is 55.5 Å². The zero-order chi connectivity index (χ0) is 23.8. The number of aromatic nitrogens is 1. The number of urea groups is 1. The molecule has 1 aromatic heterocycles. The standard InChI is InChI=1S/C27H34N4O2/c1-5-16-30(27(33)28-26-21(2)11-9-12-22(26)3)20-25(32)31(18-23-13-7-6-8-14-23)19-24-15-10-17-29(24)4/h6-15,17H,5,16,18-20H2,1-4H3,(H,28,33). The zero-order valence-corrected chi connectivity index (χ0v) is 20.0. The van der Waals surface area contributed by atoms with E-state index in [1.54, 1.807) is 4.90 Å². The molecule has 6 nitrogen and oxygen atoms in total. The van der Waals surface area contributed by atoms with Crippen molar-refractivity contribution in [3.05, 3.63) is 89.2 Å². The van der Waals surface area contributed by atoms with Crippen LogP contribution >= 0.6 is 0 Å². The number of carbonyl (C=O) groups excluding carboxylic acids is 2. The number of aryl methyl sites for hydroxylation is 3. The van der Waals surface area contributed by atoms with Crippen molar-refractivity contribution < 1.29 is 9.59 Å². The second-order valence-corrected chi connectivity index (χ2v) is 8.46. The molecule has 33 heavy (non-hydrogen) atoms. The number of hydrogen-bond donors (Lipinski definition) is 1. The third kappa shape index (κ3) is 6.48. The summed E-state index contributed by atoms with van der Waals surface area (Å²) in [5, 5.41) is 3.02. The van der Waals surface area contributed by atoms with Gasteiger partial charge in [0, 0.05) is 37.7 Å². The highest BCUT2D eigenvalue weighted by Gasteiger charge is 2.22. The molecule has 0 aliphatic heterocycles. The number of amides is 3. The van der Waals surface area contributed by atoms with Crippen molar-refractivity contribution in [2.45, 2.75) is 40.3 Å². The number of nitrogens with zero attached hydrogens (tertiary/aromatic N) is 3. The Bertz CT molecular complexity index is 1050. The number of nitrogens with one attached hydrogen (secondary N) is 1. The van der Waals surface area contributed by atoms with E-state index in [4.69, 9.17) is 0 Å². The van der Waals surface area contributed by atoms with Gasteiger partial charge in [0.15, 0.2) is 0 Å². The van der Waals surface area contributed by atoms with E-state index in [-0.39, 0.29) is 18.5 Å². The number of rotatable bonds is 9. The second-order valence-electron chi connectivity index (χ2n) is 8.46. The van der Waals surface area contributed by atoms with Crippen LogP contribution in [0.4, 0.5) is 10.5 Å². The topological polar surface area (TPSA) is 57.6 Å². The number of anilines is 1. The summed E-state index contributed by atoms with van der Waals surface area (Å²) in [4.78, 5) is 30.0. The van der Waals surface area contributed by atoms with Gasteiger partial charge in [-0.05, 0) is 49.1 Å². The smallest absolute Gasteiger partial charge is 0.322 e. The Morgan fingerprint density at radius 3 is 2.18 bits per heavy atom. The number of benzene rings is 2. The first-order chi connectivity index (χ1) is 15.9. The molecule has 6 heteroatoms. The molecule has 0 atom stereocenters. The van der Waals surface area contributed by atoms with Gasteiger partial charge in [-0.2, -0.15) is 0 Å². The molecule has 1 heterocycles. The van der Waals surface area contributed by atoms with Crippen molar-refractivity contribution in [3.8, 4) is 0 Å². The van der Waals surface area contributed by atoms with Gasteiger partial charge in [-0.15, -0.1) is 0 Å². The minimum absolute atomic E-state index is 0.0296. The first-order valence-corrected chi connectivity index (χ1v) is 11.4. The Hall–Kier alpha value is -3.54. The van der Waals surface area contributed by atoms with E-state index < -0.39 is 0 Å². The Labute approximate surface area is 196 Å². The molecule has 0 spiro atoms. The maximum Gasteiger partial charge on any atom is 0.322 e. The van der Waals surface area contributed by atoms with Crippen molar-refractivity contribution in [1.82, 2.24) is 14.4 Å². The first-order valence-electron chi connectivity index (χ1n) is 11.4. The van der Waals surface area contributed by atoms with E-state index in [0.717, 1.165) is 34.5 Å². The summed E-state index contributed by atoms with van der Waals surface area (Å²) in [5.41, 5.74) is 4.91. The van der Waals surface area contributed by atoms with Crippen LogP contribution in [-0.4, -0.2) is 39.4 Å². The van der Waals surface area contributed by atoms with E-state index >= 15 is 0 Å². The number of para-hydroxylation sites is 1. The van der Waals surface area contributed by atoms with Gasteiger partial charge >= 0.3 is 6.03 Å². The minimum atomic E-state index is -0.249. The molecule has 0 aliphatic carbocycles. The van der Waals surface area contributed by atoms with Gasteiger partial charge in [0.2, 0.25) is 5.91 Å². The molecule has 0 radical (unpaired) electrons. The monoisotopic (exact) mass is 446 g/mol. The largest absolute Gasteiger partial charge is 0.353 e. The van der Waals surface area contributed by atoms with Crippen LogP contribution in [0.25, 0.3) is 0 Å². The molecule has 2 aromatic carbocycles. The fourth-order valence-electron chi connectivity index (χ4n) is 3.88. The van der Waals surface area contributed by atoms with Crippen molar-refractivity contribution in [3.63, 3.8) is 0 Å². The molecule has 0 unspecified atom stereocenters. The van der Waals surface area contributed by atoms with Gasteiger partial charge in [0.1, 0.15) is 6.54 Å². The van der Waals surface area contributed by atoms with Crippen molar-refractivity contribution in [2.75, 3.05) is 18.4 Å². The fourth-order valence-corrected chi connectivity index (χ4v) is 3.88. The highest BCUT2D eigenvalue weighted by Crippen LogP contribution is 2.20.